The van der Waals surface area contributed by atoms with Crippen LogP contribution in [-0.4, -0.2) is 11.1 Å². The Balaban J connectivity index is 2.73. The van der Waals surface area contributed by atoms with Gasteiger partial charge < -0.3 is 9.84 Å². The van der Waals surface area contributed by atoms with Crippen LogP contribution in [0.2, 0.25) is 0 Å². The van der Waals surface area contributed by atoms with Gasteiger partial charge in [0.15, 0.2) is 0 Å². The number of ether oxygens (including phenoxy) is 1. The number of hydrogen-bond acceptors (Lipinski definition) is 3. The Morgan fingerprint density at radius 2 is 2.20 bits per heavy atom. The van der Waals surface area contributed by atoms with Crippen LogP contribution in [0.3, 0.4) is 0 Å². The minimum atomic E-state index is -0.425. The van der Waals surface area contributed by atoms with E-state index in [-0.39, 0.29) is 11.9 Å². The predicted molar refractivity (Wildman–Crippen MR) is 57.4 cm³/mol. The molecule has 0 aliphatic rings. The van der Waals surface area contributed by atoms with E-state index in [0.29, 0.717) is 5.57 Å². The zero-order chi connectivity index (χ0) is 11.4. The molecule has 1 unspecified atom stereocenters. The summed E-state index contributed by atoms with van der Waals surface area (Å²) in [5, 5.41) is 9.25. The van der Waals surface area contributed by atoms with Gasteiger partial charge in [0.05, 0.1) is 0 Å². The highest BCUT2D eigenvalue weighted by molar-refractivity contribution is 5.87. The summed E-state index contributed by atoms with van der Waals surface area (Å²) < 4.78 is 5.10. The second-order valence-corrected chi connectivity index (χ2v) is 3.42. The van der Waals surface area contributed by atoms with Gasteiger partial charge in [-0.25, -0.2) is 4.79 Å². The van der Waals surface area contributed by atoms with Crippen molar-refractivity contribution in [2.75, 3.05) is 0 Å². The minimum Gasteiger partial charge on any atom is -0.508 e. The fraction of sp³-hybridized carbons (Fsp3) is 0.250. The quantitative estimate of drug-likeness (QED) is 0.610. The molecular weight excluding hydrogens is 192 g/mol. The third kappa shape index (κ3) is 3.13. The Labute approximate surface area is 89.0 Å². The fourth-order valence-electron chi connectivity index (χ4n) is 1.11. The summed E-state index contributed by atoms with van der Waals surface area (Å²) in [5.41, 5.74) is 1.12. The van der Waals surface area contributed by atoms with E-state index in [1.54, 1.807) is 38.1 Å². The van der Waals surface area contributed by atoms with Crippen molar-refractivity contribution in [1.82, 2.24) is 0 Å². The van der Waals surface area contributed by atoms with E-state index in [1.807, 2.05) is 0 Å². The predicted octanol–water partition coefficient (Wildman–Crippen LogP) is 2.57. The first-order valence-corrected chi connectivity index (χ1v) is 4.66. The molecule has 1 aromatic carbocycles. The Bertz CT molecular complexity index is 382. The van der Waals surface area contributed by atoms with Gasteiger partial charge in [0, 0.05) is 5.57 Å². The molecule has 15 heavy (non-hydrogen) atoms. The van der Waals surface area contributed by atoms with Crippen LogP contribution < -0.4 is 0 Å². The molecule has 0 amide bonds. The smallest absolute Gasteiger partial charge is 0.333 e. The summed E-state index contributed by atoms with van der Waals surface area (Å²) in [4.78, 5) is 11.2. The van der Waals surface area contributed by atoms with Crippen LogP contribution in [0.1, 0.15) is 25.5 Å². The topological polar surface area (TPSA) is 46.5 Å². The van der Waals surface area contributed by atoms with E-state index in [9.17, 15) is 9.90 Å². The Hall–Kier alpha value is -1.77. The number of hydrogen-bond donors (Lipinski definition) is 1. The lowest BCUT2D eigenvalue weighted by Gasteiger charge is -2.13. The number of esters is 1. The second-order valence-electron chi connectivity index (χ2n) is 3.42. The molecule has 0 spiro atoms. The zero-order valence-electron chi connectivity index (χ0n) is 8.86. The Morgan fingerprint density at radius 1 is 1.53 bits per heavy atom. The molecule has 0 saturated carbocycles. The van der Waals surface area contributed by atoms with Crippen molar-refractivity contribution in [3.63, 3.8) is 0 Å². The van der Waals surface area contributed by atoms with Crippen LogP contribution in [0.25, 0.3) is 0 Å². The average Bonchev–Trinajstić information content (AvgIpc) is 2.17. The molecule has 0 saturated heterocycles. The SMILES string of the molecule is C=C(C)C(=O)OC(C)c1cccc(O)c1. The Morgan fingerprint density at radius 3 is 2.73 bits per heavy atom. The monoisotopic (exact) mass is 206 g/mol. The maximum absolute atomic E-state index is 11.2. The minimum absolute atomic E-state index is 0.158. The molecule has 0 radical (unpaired) electrons. The first kappa shape index (κ1) is 11.3. The summed E-state index contributed by atoms with van der Waals surface area (Å²) in [6.07, 6.45) is -0.388. The molecule has 0 aromatic heterocycles. The molecule has 1 N–H and O–H groups in total. The van der Waals surface area contributed by atoms with Gasteiger partial charge in [0.2, 0.25) is 0 Å². The molecule has 0 bridgehead atoms. The number of phenolic OH excluding ortho intramolecular Hbond substituents is 1. The summed E-state index contributed by atoms with van der Waals surface area (Å²) in [7, 11) is 0. The molecule has 1 rings (SSSR count). The van der Waals surface area contributed by atoms with Gasteiger partial charge in [-0.2, -0.15) is 0 Å². The van der Waals surface area contributed by atoms with Crippen molar-refractivity contribution in [2.45, 2.75) is 20.0 Å². The van der Waals surface area contributed by atoms with Gasteiger partial charge in [-0.15, -0.1) is 0 Å². The van der Waals surface area contributed by atoms with Crippen molar-refractivity contribution in [3.8, 4) is 5.75 Å². The molecule has 1 aromatic rings. The molecular formula is C12H14O3. The fourth-order valence-corrected chi connectivity index (χ4v) is 1.11. The van der Waals surface area contributed by atoms with Crippen LogP contribution in [0.4, 0.5) is 0 Å². The molecule has 0 aliphatic heterocycles. The summed E-state index contributed by atoms with van der Waals surface area (Å²) in [6, 6.07) is 6.62. The van der Waals surface area contributed by atoms with E-state index >= 15 is 0 Å². The number of phenols is 1. The van der Waals surface area contributed by atoms with Gasteiger partial charge in [-0.3, -0.25) is 0 Å². The summed E-state index contributed by atoms with van der Waals surface area (Å²) in [5.74, 6) is -0.267. The van der Waals surface area contributed by atoms with Crippen LogP contribution in [0.15, 0.2) is 36.4 Å². The highest BCUT2D eigenvalue weighted by atomic mass is 16.5. The zero-order valence-corrected chi connectivity index (χ0v) is 8.86. The van der Waals surface area contributed by atoms with E-state index < -0.39 is 5.97 Å². The first-order valence-electron chi connectivity index (χ1n) is 4.66. The maximum Gasteiger partial charge on any atom is 0.333 e. The van der Waals surface area contributed by atoms with Crippen molar-refractivity contribution in [1.29, 1.82) is 0 Å². The molecule has 0 heterocycles. The Kier molecular flexibility index (Phi) is 3.50. The maximum atomic E-state index is 11.2. The standard InChI is InChI=1S/C12H14O3/c1-8(2)12(14)15-9(3)10-5-4-6-11(13)7-10/h4-7,9,13H,1H2,2-3H3. The molecule has 0 fully saturated rings. The van der Waals surface area contributed by atoms with Gasteiger partial charge in [0.1, 0.15) is 11.9 Å². The highest BCUT2D eigenvalue weighted by Gasteiger charge is 2.12. The van der Waals surface area contributed by atoms with Crippen molar-refractivity contribution in [2.24, 2.45) is 0 Å². The third-order valence-corrected chi connectivity index (χ3v) is 1.97. The lowest BCUT2D eigenvalue weighted by Crippen LogP contribution is -2.08. The van der Waals surface area contributed by atoms with E-state index in [0.717, 1.165) is 5.56 Å². The van der Waals surface area contributed by atoms with Crippen LogP contribution in [0.5, 0.6) is 5.75 Å². The number of benzene rings is 1. The number of aromatic hydroxyl groups is 1. The van der Waals surface area contributed by atoms with E-state index in [2.05, 4.69) is 6.58 Å². The molecule has 80 valence electrons. The van der Waals surface area contributed by atoms with Gasteiger partial charge in [-0.1, -0.05) is 18.7 Å². The lowest BCUT2D eigenvalue weighted by molar-refractivity contribution is -0.143. The molecule has 1 atom stereocenters. The van der Waals surface area contributed by atoms with Crippen molar-refractivity contribution in [3.05, 3.63) is 42.0 Å². The second kappa shape index (κ2) is 4.64. The average molecular weight is 206 g/mol. The molecule has 0 aliphatic carbocycles. The van der Waals surface area contributed by atoms with Gasteiger partial charge in [-0.05, 0) is 31.5 Å². The van der Waals surface area contributed by atoms with E-state index in [4.69, 9.17) is 4.74 Å². The highest BCUT2D eigenvalue weighted by Crippen LogP contribution is 2.21. The normalized spacial score (nSPS) is 11.9. The number of rotatable bonds is 3. The van der Waals surface area contributed by atoms with Crippen LogP contribution in [-0.2, 0) is 9.53 Å². The van der Waals surface area contributed by atoms with Gasteiger partial charge in [0.25, 0.3) is 0 Å². The first-order chi connectivity index (χ1) is 7.00. The third-order valence-electron chi connectivity index (χ3n) is 1.97. The van der Waals surface area contributed by atoms with Crippen LogP contribution >= 0.6 is 0 Å². The molecule has 3 nitrogen and oxygen atoms in total. The number of carbonyl (C=O) groups is 1. The van der Waals surface area contributed by atoms with Gasteiger partial charge >= 0.3 is 5.97 Å². The van der Waals surface area contributed by atoms with Crippen molar-refractivity contribution >= 4 is 5.97 Å². The van der Waals surface area contributed by atoms with E-state index in [1.165, 1.54) is 0 Å². The summed E-state index contributed by atoms with van der Waals surface area (Å²) >= 11 is 0. The largest absolute Gasteiger partial charge is 0.508 e. The summed E-state index contributed by atoms with van der Waals surface area (Å²) in [6.45, 7) is 6.84. The molecule has 3 heteroatoms. The lowest BCUT2D eigenvalue weighted by atomic mass is 10.1. The van der Waals surface area contributed by atoms with Crippen LogP contribution in [0, 0.1) is 0 Å². The number of carbonyl (C=O) groups excluding carboxylic acids is 1. The van der Waals surface area contributed by atoms with Crippen molar-refractivity contribution < 1.29 is 14.6 Å².